The van der Waals surface area contributed by atoms with E-state index < -0.39 is 0 Å². The molecule has 4 nitrogen and oxygen atoms in total. The third kappa shape index (κ3) is 3.83. The number of nitrogens with zero attached hydrogens (tertiary/aromatic N) is 1. The van der Waals surface area contributed by atoms with Crippen LogP contribution in [0.1, 0.15) is 30.8 Å². The Labute approximate surface area is 117 Å². The number of benzene rings is 1. The highest BCUT2D eigenvalue weighted by Gasteiger charge is 2.11. The van der Waals surface area contributed by atoms with Crippen LogP contribution in [0.4, 0.5) is 0 Å². The highest BCUT2D eigenvalue weighted by molar-refractivity contribution is 6.31. The SMILES string of the molecule is CC(NC(=O)CCc1ccccc1Cl)c1ncc[nH]1. The first-order valence-electron chi connectivity index (χ1n) is 6.19. The van der Waals surface area contributed by atoms with Crippen LogP contribution in [0, 0.1) is 0 Å². The fourth-order valence-electron chi connectivity index (χ4n) is 1.85. The molecule has 1 heterocycles. The average Bonchev–Trinajstić information content (AvgIpc) is 2.91. The van der Waals surface area contributed by atoms with Gasteiger partial charge in [-0.2, -0.15) is 0 Å². The summed E-state index contributed by atoms with van der Waals surface area (Å²) in [6.45, 7) is 1.90. The summed E-state index contributed by atoms with van der Waals surface area (Å²) in [5.41, 5.74) is 0.991. The predicted octanol–water partition coefficient (Wildman–Crippen LogP) is 2.87. The summed E-state index contributed by atoms with van der Waals surface area (Å²) >= 11 is 6.05. The van der Waals surface area contributed by atoms with E-state index in [1.807, 2.05) is 31.2 Å². The minimum Gasteiger partial charge on any atom is -0.347 e. The molecule has 0 saturated heterocycles. The van der Waals surface area contributed by atoms with E-state index in [4.69, 9.17) is 11.6 Å². The van der Waals surface area contributed by atoms with Gasteiger partial charge in [-0.15, -0.1) is 0 Å². The van der Waals surface area contributed by atoms with Crippen LogP contribution in [-0.4, -0.2) is 15.9 Å². The molecule has 0 saturated carbocycles. The summed E-state index contributed by atoms with van der Waals surface area (Å²) in [7, 11) is 0. The molecule has 5 heteroatoms. The quantitative estimate of drug-likeness (QED) is 0.883. The van der Waals surface area contributed by atoms with E-state index >= 15 is 0 Å². The third-order valence-corrected chi connectivity index (χ3v) is 3.25. The van der Waals surface area contributed by atoms with Gasteiger partial charge in [0.1, 0.15) is 5.82 Å². The Hall–Kier alpha value is -1.81. The van der Waals surface area contributed by atoms with Crippen LogP contribution in [0.5, 0.6) is 0 Å². The maximum Gasteiger partial charge on any atom is 0.220 e. The summed E-state index contributed by atoms with van der Waals surface area (Å²) in [5, 5.41) is 3.60. The van der Waals surface area contributed by atoms with Gasteiger partial charge in [-0.1, -0.05) is 29.8 Å². The molecule has 0 aliphatic heterocycles. The molecule has 1 amide bonds. The van der Waals surface area contributed by atoms with Gasteiger partial charge in [0.15, 0.2) is 0 Å². The van der Waals surface area contributed by atoms with E-state index in [0.29, 0.717) is 17.9 Å². The molecule has 0 spiro atoms. The number of carbonyl (C=O) groups excluding carboxylic acids is 1. The van der Waals surface area contributed by atoms with E-state index in [9.17, 15) is 4.79 Å². The molecule has 100 valence electrons. The molecule has 1 aromatic carbocycles. The topological polar surface area (TPSA) is 57.8 Å². The summed E-state index contributed by atoms with van der Waals surface area (Å²) < 4.78 is 0. The number of amides is 1. The van der Waals surface area contributed by atoms with Gasteiger partial charge in [-0.05, 0) is 25.0 Å². The van der Waals surface area contributed by atoms with Crippen molar-refractivity contribution >= 4 is 17.5 Å². The van der Waals surface area contributed by atoms with Crippen molar-refractivity contribution in [3.05, 3.63) is 53.1 Å². The molecule has 2 rings (SSSR count). The Morgan fingerprint density at radius 1 is 1.47 bits per heavy atom. The van der Waals surface area contributed by atoms with Crippen molar-refractivity contribution in [1.82, 2.24) is 15.3 Å². The van der Waals surface area contributed by atoms with Crippen LogP contribution in [-0.2, 0) is 11.2 Å². The van der Waals surface area contributed by atoms with Gasteiger partial charge >= 0.3 is 0 Å². The first-order chi connectivity index (χ1) is 9.16. The van der Waals surface area contributed by atoms with Crippen molar-refractivity contribution in [1.29, 1.82) is 0 Å². The fraction of sp³-hybridized carbons (Fsp3) is 0.286. The lowest BCUT2D eigenvalue weighted by Gasteiger charge is -2.11. The normalized spacial score (nSPS) is 12.1. The van der Waals surface area contributed by atoms with Crippen LogP contribution >= 0.6 is 11.6 Å². The highest BCUT2D eigenvalue weighted by atomic mass is 35.5. The van der Waals surface area contributed by atoms with Crippen molar-refractivity contribution in [3.63, 3.8) is 0 Å². The molecule has 2 aromatic rings. The number of aromatic nitrogens is 2. The van der Waals surface area contributed by atoms with Crippen LogP contribution in [0.15, 0.2) is 36.7 Å². The molecule has 0 aliphatic rings. The van der Waals surface area contributed by atoms with E-state index in [1.165, 1.54) is 0 Å². The Bertz CT molecular complexity index is 539. The van der Waals surface area contributed by atoms with E-state index in [2.05, 4.69) is 15.3 Å². The van der Waals surface area contributed by atoms with Crippen molar-refractivity contribution in [2.45, 2.75) is 25.8 Å². The highest BCUT2D eigenvalue weighted by Crippen LogP contribution is 2.16. The summed E-state index contributed by atoms with van der Waals surface area (Å²) in [6.07, 6.45) is 4.45. The molecule has 1 unspecified atom stereocenters. The third-order valence-electron chi connectivity index (χ3n) is 2.89. The smallest absolute Gasteiger partial charge is 0.220 e. The van der Waals surface area contributed by atoms with E-state index in [1.54, 1.807) is 12.4 Å². The number of hydrogen-bond donors (Lipinski definition) is 2. The summed E-state index contributed by atoms with van der Waals surface area (Å²) in [4.78, 5) is 18.9. The Balaban J connectivity index is 1.84. The monoisotopic (exact) mass is 277 g/mol. The maximum atomic E-state index is 11.8. The standard InChI is InChI=1S/C14H16ClN3O/c1-10(14-16-8-9-17-14)18-13(19)7-6-11-4-2-3-5-12(11)15/h2-5,8-10H,6-7H2,1H3,(H,16,17)(H,18,19). The number of halogens is 1. The van der Waals surface area contributed by atoms with E-state index in [-0.39, 0.29) is 11.9 Å². The minimum atomic E-state index is -0.117. The Morgan fingerprint density at radius 3 is 2.95 bits per heavy atom. The second-order valence-corrected chi connectivity index (χ2v) is 4.76. The fourth-order valence-corrected chi connectivity index (χ4v) is 2.08. The number of rotatable bonds is 5. The van der Waals surface area contributed by atoms with Crippen LogP contribution in [0.2, 0.25) is 5.02 Å². The largest absolute Gasteiger partial charge is 0.347 e. The lowest BCUT2D eigenvalue weighted by molar-refractivity contribution is -0.121. The van der Waals surface area contributed by atoms with Gasteiger partial charge in [0.2, 0.25) is 5.91 Å². The molecular formula is C14H16ClN3O. The Morgan fingerprint density at radius 2 is 2.26 bits per heavy atom. The van der Waals surface area contributed by atoms with Gasteiger partial charge in [-0.25, -0.2) is 4.98 Å². The minimum absolute atomic E-state index is 0.0104. The molecule has 0 fully saturated rings. The van der Waals surface area contributed by atoms with Crippen molar-refractivity contribution in [2.24, 2.45) is 0 Å². The number of H-pyrrole nitrogens is 1. The van der Waals surface area contributed by atoms with Gasteiger partial charge < -0.3 is 10.3 Å². The van der Waals surface area contributed by atoms with Crippen LogP contribution in [0.3, 0.4) is 0 Å². The molecule has 19 heavy (non-hydrogen) atoms. The zero-order valence-corrected chi connectivity index (χ0v) is 11.4. The zero-order chi connectivity index (χ0) is 13.7. The number of nitrogens with one attached hydrogen (secondary N) is 2. The summed E-state index contributed by atoms with van der Waals surface area (Å²) in [6, 6.07) is 7.45. The second kappa shape index (κ2) is 6.38. The molecule has 0 radical (unpaired) electrons. The second-order valence-electron chi connectivity index (χ2n) is 4.36. The molecule has 2 N–H and O–H groups in total. The summed E-state index contributed by atoms with van der Waals surface area (Å²) in [5.74, 6) is 0.745. The number of imidazole rings is 1. The maximum absolute atomic E-state index is 11.8. The van der Waals surface area contributed by atoms with Gasteiger partial charge in [-0.3, -0.25) is 4.79 Å². The molecule has 1 aromatic heterocycles. The Kier molecular flexibility index (Phi) is 4.58. The van der Waals surface area contributed by atoms with Gasteiger partial charge in [0.25, 0.3) is 0 Å². The number of carbonyl (C=O) groups is 1. The van der Waals surface area contributed by atoms with Crippen molar-refractivity contribution in [3.8, 4) is 0 Å². The van der Waals surface area contributed by atoms with Crippen LogP contribution < -0.4 is 5.32 Å². The van der Waals surface area contributed by atoms with Gasteiger partial charge in [0.05, 0.1) is 6.04 Å². The lowest BCUT2D eigenvalue weighted by Crippen LogP contribution is -2.27. The number of hydrogen-bond acceptors (Lipinski definition) is 2. The lowest BCUT2D eigenvalue weighted by atomic mass is 10.1. The van der Waals surface area contributed by atoms with Crippen LogP contribution in [0.25, 0.3) is 0 Å². The molecule has 0 aliphatic carbocycles. The van der Waals surface area contributed by atoms with Crippen molar-refractivity contribution in [2.75, 3.05) is 0 Å². The molecule has 1 atom stereocenters. The first-order valence-corrected chi connectivity index (χ1v) is 6.56. The average molecular weight is 278 g/mol. The van der Waals surface area contributed by atoms with E-state index in [0.717, 1.165) is 11.4 Å². The number of aromatic amines is 1. The zero-order valence-electron chi connectivity index (χ0n) is 10.7. The molecule has 0 bridgehead atoms. The predicted molar refractivity (Wildman–Crippen MR) is 74.9 cm³/mol. The van der Waals surface area contributed by atoms with Crippen molar-refractivity contribution < 1.29 is 4.79 Å². The molecular weight excluding hydrogens is 262 g/mol. The first kappa shape index (κ1) is 13.6. The van der Waals surface area contributed by atoms with Gasteiger partial charge in [0, 0.05) is 23.8 Å². The number of aryl methyl sites for hydroxylation is 1.